The fraction of sp³-hybridized carbons (Fsp3) is 0.550. The summed E-state index contributed by atoms with van der Waals surface area (Å²) < 4.78 is 5.43. The van der Waals surface area contributed by atoms with Gasteiger partial charge in [0.1, 0.15) is 5.75 Å². The van der Waals surface area contributed by atoms with E-state index >= 15 is 0 Å². The van der Waals surface area contributed by atoms with E-state index in [1.54, 1.807) is 12.1 Å². The molecule has 1 fully saturated rings. The van der Waals surface area contributed by atoms with Crippen LogP contribution in [0.25, 0.3) is 0 Å². The van der Waals surface area contributed by atoms with Gasteiger partial charge in [0.05, 0.1) is 11.5 Å². The zero-order chi connectivity index (χ0) is 22.4. The van der Waals surface area contributed by atoms with Crippen molar-refractivity contribution in [1.82, 2.24) is 16.0 Å². The van der Waals surface area contributed by atoms with Gasteiger partial charge in [-0.3, -0.25) is 10.2 Å². The number of nitrogens with two attached hydrogens (primary N) is 1. The van der Waals surface area contributed by atoms with Crippen LogP contribution in [0.3, 0.4) is 0 Å². The van der Waals surface area contributed by atoms with Crippen LogP contribution in [0.1, 0.15) is 48.0 Å². The molecule has 2 aliphatic rings. The number of hydrogen-bond acceptors (Lipinski definition) is 6. The molecule has 1 saturated carbocycles. The maximum atomic E-state index is 12.5. The summed E-state index contributed by atoms with van der Waals surface area (Å²) in [5, 5.41) is 35.7. The molecular weight excluding hydrogens is 401 g/mol. The number of rotatable bonds is 8. The predicted molar refractivity (Wildman–Crippen MR) is 116 cm³/mol. The molecule has 10 nitrogen and oxygen atoms in total. The predicted octanol–water partition coefficient (Wildman–Crippen LogP) is -0.154. The number of carbonyl (C=O) groups is 2. The Kier molecular flexibility index (Phi) is 7.75. The van der Waals surface area contributed by atoms with E-state index < -0.39 is 19.0 Å². The molecule has 1 amide bonds. The van der Waals surface area contributed by atoms with Crippen LogP contribution in [0.5, 0.6) is 5.75 Å². The third kappa shape index (κ3) is 6.35. The molecule has 1 heterocycles. The first kappa shape index (κ1) is 22.9. The van der Waals surface area contributed by atoms with Gasteiger partial charge in [0, 0.05) is 25.6 Å². The lowest BCUT2D eigenvalue weighted by Gasteiger charge is -2.31. The molecule has 31 heavy (non-hydrogen) atoms. The summed E-state index contributed by atoms with van der Waals surface area (Å²) >= 11 is 0. The molecule has 8 N–H and O–H groups in total. The molecular formula is C20H30BN5O5. The largest absolute Gasteiger partial charge is 0.547 e. The van der Waals surface area contributed by atoms with Gasteiger partial charge >= 0.3 is 13.1 Å². The summed E-state index contributed by atoms with van der Waals surface area (Å²) in [6, 6.07) is 5.21. The zero-order valence-corrected chi connectivity index (χ0v) is 17.4. The van der Waals surface area contributed by atoms with Crippen LogP contribution in [-0.2, 0) is 11.2 Å². The van der Waals surface area contributed by atoms with Crippen molar-refractivity contribution in [2.24, 2.45) is 11.7 Å². The van der Waals surface area contributed by atoms with Crippen molar-refractivity contribution in [3.63, 3.8) is 0 Å². The van der Waals surface area contributed by atoms with Crippen molar-refractivity contribution in [1.29, 1.82) is 5.41 Å². The number of amides is 1. The van der Waals surface area contributed by atoms with Crippen molar-refractivity contribution in [2.45, 2.75) is 50.5 Å². The molecule has 1 aliphatic carbocycles. The third-order valence-corrected chi connectivity index (χ3v) is 5.89. The monoisotopic (exact) mass is 431 g/mol. The van der Waals surface area contributed by atoms with Gasteiger partial charge in [0.2, 0.25) is 5.91 Å². The van der Waals surface area contributed by atoms with Gasteiger partial charge in [-0.1, -0.05) is 12.1 Å². The second kappa shape index (κ2) is 10.5. The zero-order valence-electron chi connectivity index (χ0n) is 17.4. The van der Waals surface area contributed by atoms with Crippen LogP contribution in [0.2, 0.25) is 0 Å². The summed E-state index contributed by atoms with van der Waals surface area (Å²) in [6.07, 6.45) is 4.56. The van der Waals surface area contributed by atoms with Gasteiger partial charge in [-0.2, -0.15) is 0 Å². The summed E-state index contributed by atoms with van der Waals surface area (Å²) in [6.45, 7) is 1.35. The third-order valence-electron chi connectivity index (χ3n) is 5.89. The lowest BCUT2D eigenvalue weighted by atomic mass is 9.72. The highest BCUT2D eigenvalue weighted by Crippen LogP contribution is 2.31. The lowest BCUT2D eigenvalue weighted by Crippen LogP contribution is -2.53. The number of guanidine groups is 1. The SMILES string of the molecule is N=C(N)NCCN[C@H]1CC[C@H](CC(=O)N[C@H]2Cc3cccc(C(=O)O)c3OB2O)CC1. The molecule has 0 saturated heterocycles. The molecule has 0 unspecified atom stereocenters. The van der Waals surface area contributed by atoms with E-state index in [4.69, 9.17) is 15.8 Å². The molecule has 0 spiro atoms. The average Bonchev–Trinajstić information content (AvgIpc) is 2.72. The van der Waals surface area contributed by atoms with Crippen LogP contribution in [-0.4, -0.2) is 60.2 Å². The van der Waals surface area contributed by atoms with E-state index in [2.05, 4.69) is 16.0 Å². The Morgan fingerprint density at radius 1 is 1.23 bits per heavy atom. The van der Waals surface area contributed by atoms with E-state index in [0.717, 1.165) is 32.2 Å². The number of aromatic carboxylic acids is 1. The molecule has 1 atom stereocenters. The Bertz CT molecular complexity index is 815. The second-order valence-corrected chi connectivity index (χ2v) is 8.20. The number of carboxylic acids is 1. The standard InChI is InChI=1S/C20H30BN5O5/c22-20(23)25-9-8-24-14-6-4-12(5-7-14)10-17(27)26-16-11-13-2-1-3-15(19(28)29)18(13)31-21(16)30/h1-3,12,14,16,24,30H,4-11H2,(H,26,27)(H,28,29)(H4,22,23,25)/t12-,14-,16-/m0/s1. The summed E-state index contributed by atoms with van der Waals surface area (Å²) in [7, 11) is -1.29. The van der Waals surface area contributed by atoms with E-state index in [0.29, 0.717) is 36.9 Å². The highest BCUT2D eigenvalue weighted by atomic mass is 16.5. The Labute approximate surface area is 181 Å². The van der Waals surface area contributed by atoms with Crippen LogP contribution in [0.4, 0.5) is 0 Å². The number of carboxylic acid groups (broad SMARTS) is 1. The molecule has 0 aromatic heterocycles. The first-order valence-electron chi connectivity index (χ1n) is 10.6. The van der Waals surface area contributed by atoms with Crippen LogP contribution in [0, 0.1) is 11.3 Å². The van der Waals surface area contributed by atoms with E-state index in [-0.39, 0.29) is 23.2 Å². The molecule has 168 valence electrons. The van der Waals surface area contributed by atoms with Gasteiger partial charge in [-0.25, -0.2) is 4.79 Å². The van der Waals surface area contributed by atoms with Gasteiger partial charge in [0.15, 0.2) is 5.96 Å². The highest BCUT2D eigenvalue weighted by Gasteiger charge is 2.38. The van der Waals surface area contributed by atoms with Crippen molar-refractivity contribution >= 4 is 25.0 Å². The minimum absolute atomic E-state index is 0.00349. The molecule has 0 radical (unpaired) electrons. The first-order valence-corrected chi connectivity index (χ1v) is 10.6. The Hall–Kier alpha value is -2.79. The van der Waals surface area contributed by atoms with Crippen LogP contribution in [0.15, 0.2) is 18.2 Å². The molecule has 1 aromatic rings. The van der Waals surface area contributed by atoms with E-state index in [1.807, 2.05) is 0 Å². The molecule has 0 bridgehead atoms. The number of hydrogen-bond donors (Lipinski definition) is 7. The van der Waals surface area contributed by atoms with Gasteiger partial charge < -0.3 is 36.5 Å². The molecule has 1 aromatic carbocycles. The van der Waals surface area contributed by atoms with Gasteiger partial charge in [-0.15, -0.1) is 0 Å². The Balaban J connectivity index is 1.43. The summed E-state index contributed by atoms with van der Waals surface area (Å²) in [5.74, 6) is -1.44. The smallest absolute Gasteiger partial charge is 0.534 e. The van der Waals surface area contributed by atoms with Gasteiger partial charge in [-0.05, 0) is 49.7 Å². The summed E-state index contributed by atoms with van der Waals surface area (Å²) in [5.41, 5.74) is 5.91. The minimum Gasteiger partial charge on any atom is -0.534 e. The minimum atomic E-state index is -1.29. The average molecular weight is 431 g/mol. The second-order valence-electron chi connectivity index (χ2n) is 8.20. The number of nitrogens with one attached hydrogen (secondary N) is 4. The maximum Gasteiger partial charge on any atom is 0.547 e. The fourth-order valence-electron chi connectivity index (χ4n) is 4.29. The highest BCUT2D eigenvalue weighted by molar-refractivity contribution is 6.47. The number of fused-ring (bicyclic) bond motifs is 1. The van der Waals surface area contributed by atoms with Crippen LogP contribution < -0.4 is 26.3 Å². The van der Waals surface area contributed by atoms with Crippen molar-refractivity contribution in [3.05, 3.63) is 29.3 Å². The number of benzene rings is 1. The van der Waals surface area contributed by atoms with Crippen LogP contribution >= 0.6 is 0 Å². The van der Waals surface area contributed by atoms with E-state index in [1.165, 1.54) is 6.07 Å². The summed E-state index contributed by atoms with van der Waals surface area (Å²) in [4.78, 5) is 23.9. The van der Waals surface area contributed by atoms with E-state index in [9.17, 15) is 19.7 Å². The first-order chi connectivity index (χ1) is 14.8. The lowest BCUT2D eigenvalue weighted by molar-refractivity contribution is -0.122. The quantitative estimate of drug-likeness (QED) is 0.129. The van der Waals surface area contributed by atoms with Crippen molar-refractivity contribution in [3.8, 4) is 5.75 Å². The van der Waals surface area contributed by atoms with Crippen molar-refractivity contribution in [2.75, 3.05) is 13.1 Å². The topological polar surface area (TPSA) is 170 Å². The molecule has 11 heteroatoms. The number of para-hydroxylation sites is 1. The fourth-order valence-corrected chi connectivity index (χ4v) is 4.29. The number of carbonyl (C=O) groups excluding carboxylic acids is 1. The maximum absolute atomic E-state index is 12.5. The normalized spacial score (nSPS) is 22.7. The Morgan fingerprint density at radius 2 is 1.97 bits per heavy atom. The van der Waals surface area contributed by atoms with Gasteiger partial charge in [0.25, 0.3) is 0 Å². The Morgan fingerprint density at radius 3 is 2.65 bits per heavy atom. The van der Waals surface area contributed by atoms with Crippen molar-refractivity contribution < 1.29 is 24.4 Å². The molecule has 3 rings (SSSR count). The molecule has 1 aliphatic heterocycles.